The first kappa shape index (κ1) is 21.0. The van der Waals surface area contributed by atoms with Gasteiger partial charge in [0.05, 0.1) is 0 Å². The minimum Gasteiger partial charge on any atom is -0.359 e. The molecule has 0 aromatic rings. The van der Waals surface area contributed by atoms with E-state index in [2.05, 4.69) is 37.4 Å². The molecule has 7 heteroatoms. The van der Waals surface area contributed by atoms with Gasteiger partial charge in [-0.2, -0.15) is 0 Å². The first-order valence-electron chi connectivity index (χ1n) is 10.2. The fourth-order valence-electron chi connectivity index (χ4n) is 3.87. The second kappa shape index (κ2) is 11.4. The summed E-state index contributed by atoms with van der Waals surface area (Å²) in [5, 5.41) is 6.26. The van der Waals surface area contributed by atoms with Crippen LogP contribution in [0, 0.1) is 5.92 Å². The van der Waals surface area contributed by atoms with Crippen LogP contribution in [0.4, 0.5) is 0 Å². The molecule has 0 aromatic heterocycles. The molecule has 2 rings (SSSR count). The third-order valence-electron chi connectivity index (χ3n) is 5.63. The van der Waals surface area contributed by atoms with E-state index in [0.29, 0.717) is 12.3 Å². The van der Waals surface area contributed by atoms with Crippen LogP contribution in [0.15, 0.2) is 4.99 Å². The van der Waals surface area contributed by atoms with E-state index in [1.165, 1.54) is 32.6 Å². The van der Waals surface area contributed by atoms with Crippen LogP contribution < -0.4 is 10.6 Å². The van der Waals surface area contributed by atoms with Gasteiger partial charge < -0.3 is 25.3 Å². The SMILES string of the molecule is CN=C(NCCCN1CCCN(C)CC1)N1CCC(CC(=O)NC)CC1. The largest absolute Gasteiger partial charge is 0.359 e. The Morgan fingerprint density at radius 1 is 1.12 bits per heavy atom. The zero-order valence-electron chi connectivity index (χ0n) is 17.0. The number of piperidine rings is 1. The number of rotatable bonds is 6. The number of amides is 1. The summed E-state index contributed by atoms with van der Waals surface area (Å²) in [5.74, 6) is 1.68. The minimum absolute atomic E-state index is 0.158. The van der Waals surface area contributed by atoms with Crippen LogP contribution in [0.25, 0.3) is 0 Å². The maximum Gasteiger partial charge on any atom is 0.220 e. The third kappa shape index (κ3) is 7.11. The van der Waals surface area contributed by atoms with E-state index in [-0.39, 0.29) is 5.91 Å². The normalized spacial score (nSPS) is 21.5. The van der Waals surface area contributed by atoms with E-state index >= 15 is 0 Å². The molecule has 1 amide bonds. The number of likely N-dealkylation sites (N-methyl/N-ethyl adjacent to an activating group) is 1. The average Bonchev–Trinajstić information content (AvgIpc) is 2.87. The Morgan fingerprint density at radius 3 is 2.58 bits per heavy atom. The first-order chi connectivity index (χ1) is 12.6. The Kier molecular flexibility index (Phi) is 9.18. The second-order valence-electron chi connectivity index (χ2n) is 7.63. The molecule has 0 bridgehead atoms. The highest BCUT2D eigenvalue weighted by Crippen LogP contribution is 2.20. The molecule has 26 heavy (non-hydrogen) atoms. The molecule has 2 heterocycles. The smallest absolute Gasteiger partial charge is 0.220 e. The predicted molar refractivity (Wildman–Crippen MR) is 108 cm³/mol. The number of hydrogen-bond donors (Lipinski definition) is 2. The molecule has 2 saturated heterocycles. The van der Waals surface area contributed by atoms with Gasteiger partial charge in [0.25, 0.3) is 0 Å². The lowest BCUT2D eigenvalue weighted by atomic mass is 9.93. The molecule has 2 N–H and O–H groups in total. The lowest BCUT2D eigenvalue weighted by Crippen LogP contribution is -2.46. The molecule has 2 aliphatic rings. The quantitative estimate of drug-likeness (QED) is 0.406. The molecule has 0 saturated carbocycles. The van der Waals surface area contributed by atoms with Crippen molar-refractivity contribution in [2.24, 2.45) is 10.9 Å². The molecule has 2 fully saturated rings. The molecule has 0 atom stereocenters. The molecule has 2 aliphatic heterocycles. The minimum atomic E-state index is 0.158. The fraction of sp³-hybridized carbons (Fsp3) is 0.895. The number of guanidine groups is 1. The van der Waals surface area contributed by atoms with E-state index in [1.54, 1.807) is 7.05 Å². The van der Waals surface area contributed by atoms with Crippen LogP contribution >= 0.6 is 0 Å². The van der Waals surface area contributed by atoms with Gasteiger partial charge in [0.2, 0.25) is 5.91 Å². The Hall–Kier alpha value is -1.34. The summed E-state index contributed by atoms with van der Waals surface area (Å²) < 4.78 is 0. The van der Waals surface area contributed by atoms with Crippen molar-refractivity contribution in [3.8, 4) is 0 Å². The molecule has 0 aliphatic carbocycles. The highest BCUT2D eigenvalue weighted by Gasteiger charge is 2.23. The number of aliphatic imine (C=N–C) groups is 1. The van der Waals surface area contributed by atoms with Crippen molar-refractivity contribution in [3.05, 3.63) is 0 Å². The fourth-order valence-corrected chi connectivity index (χ4v) is 3.87. The van der Waals surface area contributed by atoms with E-state index in [0.717, 1.165) is 51.4 Å². The van der Waals surface area contributed by atoms with E-state index in [1.807, 2.05) is 7.05 Å². The number of carbonyl (C=O) groups is 1. The predicted octanol–water partition coefficient (Wildman–Crippen LogP) is 0.438. The number of nitrogens with one attached hydrogen (secondary N) is 2. The van der Waals surface area contributed by atoms with Crippen LogP contribution in [0.3, 0.4) is 0 Å². The van der Waals surface area contributed by atoms with Crippen LogP contribution in [0.5, 0.6) is 0 Å². The first-order valence-corrected chi connectivity index (χ1v) is 10.2. The van der Waals surface area contributed by atoms with Crippen molar-refractivity contribution in [2.75, 3.05) is 73.5 Å². The van der Waals surface area contributed by atoms with Gasteiger partial charge in [0.1, 0.15) is 0 Å². The highest BCUT2D eigenvalue weighted by atomic mass is 16.1. The summed E-state index contributed by atoms with van der Waals surface area (Å²) in [6.07, 6.45) is 5.21. The number of hydrogen-bond acceptors (Lipinski definition) is 4. The Balaban J connectivity index is 1.63. The van der Waals surface area contributed by atoms with Gasteiger partial charge >= 0.3 is 0 Å². The molecule has 0 unspecified atom stereocenters. The monoisotopic (exact) mass is 366 g/mol. The van der Waals surface area contributed by atoms with Crippen LogP contribution in [0.1, 0.15) is 32.1 Å². The zero-order chi connectivity index (χ0) is 18.8. The Bertz CT molecular complexity index is 447. The van der Waals surface area contributed by atoms with Gasteiger partial charge in [-0.25, -0.2) is 0 Å². The average molecular weight is 367 g/mol. The van der Waals surface area contributed by atoms with Gasteiger partial charge in [-0.1, -0.05) is 0 Å². The van der Waals surface area contributed by atoms with Gasteiger partial charge in [0.15, 0.2) is 5.96 Å². The second-order valence-corrected chi connectivity index (χ2v) is 7.63. The van der Waals surface area contributed by atoms with Gasteiger partial charge in [-0.3, -0.25) is 9.79 Å². The van der Waals surface area contributed by atoms with Crippen LogP contribution in [-0.2, 0) is 4.79 Å². The van der Waals surface area contributed by atoms with E-state index < -0.39 is 0 Å². The van der Waals surface area contributed by atoms with Crippen molar-refractivity contribution in [3.63, 3.8) is 0 Å². The standard InChI is InChI=1S/C19H38N6O/c1-20-18(26)16-17-6-12-25(13-7-17)19(21-2)22-8-4-10-24-11-5-9-23(3)14-15-24/h17H,4-16H2,1-3H3,(H,20,26)(H,21,22). The van der Waals surface area contributed by atoms with Crippen LogP contribution in [0.2, 0.25) is 0 Å². The van der Waals surface area contributed by atoms with Crippen molar-refractivity contribution >= 4 is 11.9 Å². The van der Waals surface area contributed by atoms with Crippen molar-refractivity contribution in [1.82, 2.24) is 25.3 Å². The third-order valence-corrected chi connectivity index (χ3v) is 5.63. The van der Waals surface area contributed by atoms with E-state index in [9.17, 15) is 4.79 Å². The van der Waals surface area contributed by atoms with Crippen molar-refractivity contribution < 1.29 is 4.79 Å². The summed E-state index contributed by atoms with van der Waals surface area (Å²) in [4.78, 5) is 23.3. The molecule has 7 nitrogen and oxygen atoms in total. The lowest BCUT2D eigenvalue weighted by molar-refractivity contribution is -0.121. The van der Waals surface area contributed by atoms with Gasteiger partial charge in [-0.15, -0.1) is 0 Å². The topological polar surface area (TPSA) is 63.2 Å². The summed E-state index contributed by atoms with van der Waals surface area (Å²) in [5.41, 5.74) is 0. The highest BCUT2D eigenvalue weighted by molar-refractivity contribution is 5.80. The summed E-state index contributed by atoms with van der Waals surface area (Å²) in [7, 11) is 5.80. The van der Waals surface area contributed by atoms with Crippen LogP contribution in [-0.4, -0.2) is 100 Å². The molecule has 0 radical (unpaired) electrons. The molecular weight excluding hydrogens is 328 g/mol. The maximum absolute atomic E-state index is 11.5. The maximum atomic E-state index is 11.5. The molecular formula is C19H38N6O. The zero-order valence-corrected chi connectivity index (χ0v) is 17.0. The summed E-state index contributed by atoms with van der Waals surface area (Å²) >= 11 is 0. The molecule has 0 aromatic carbocycles. The number of carbonyl (C=O) groups excluding carboxylic acids is 1. The van der Waals surface area contributed by atoms with Crippen molar-refractivity contribution in [2.45, 2.75) is 32.1 Å². The number of likely N-dealkylation sites (tertiary alicyclic amines) is 1. The van der Waals surface area contributed by atoms with Gasteiger partial charge in [0, 0.05) is 53.2 Å². The Morgan fingerprint density at radius 2 is 1.88 bits per heavy atom. The molecule has 0 spiro atoms. The summed E-state index contributed by atoms with van der Waals surface area (Å²) in [6, 6.07) is 0. The summed E-state index contributed by atoms with van der Waals surface area (Å²) in [6.45, 7) is 8.90. The van der Waals surface area contributed by atoms with Crippen molar-refractivity contribution in [1.29, 1.82) is 0 Å². The number of nitrogens with zero attached hydrogens (tertiary/aromatic N) is 4. The van der Waals surface area contributed by atoms with E-state index in [4.69, 9.17) is 0 Å². The molecule has 150 valence electrons. The van der Waals surface area contributed by atoms with Gasteiger partial charge in [-0.05, 0) is 58.3 Å². The Labute approximate surface area is 159 Å². The lowest BCUT2D eigenvalue weighted by Gasteiger charge is -2.34.